The summed E-state index contributed by atoms with van der Waals surface area (Å²) in [5, 5.41) is 9.12. The van der Waals surface area contributed by atoms with Crippen LogP contribution in [-0.2, 0) is 0 Å². The molecule has 2 heteroatoms. The molecule has 0 fully saturated rings. The van der Waals surface area contributed by atoms with Gasteiger partial charge in [-0.15, -0.1) is 0 Å². The summed E-state index contributed by atoms with van der Waals surface area (Å²) in [4.78, 5) is 11.5. The SMILES string of the molecule is Nc1c(C=O)cc2cccc3c4cccc5cccc(c1c23)c54. The number of benzene rings is 5. The molecule has 0 aliphatic carbocycles. The quantitative estimate of drug-likeness (QED) is 0.201. The van der Waals surface area contributed by atoms with Gasteiger partial charge in [-0.3, -0.25) is 4.79 Å². The lowest BCUT2D eigenvalue weighted by atomic mass is 9.88. The zero-order valence-electron chi connectivity index (χ0n) is 12.3. The van der Waals surface area contributed by atoms with Crippen LogP contribution in [0.2, 0.25) is 0 Å². The average Bonchev–Trinajstić information content (AvgIpc) is 2.60. The van der Waals surface area contributed by atoms with Crippen molar-refractivity contribution in [3.63, 3.8) is 0 Å². The minimum absolute atomic E-state index is 0.557. The Bertz CT molecular complexity index is 1230. The van der Waals surface area contributed by atoms with E-state index in [1.807, 2.05) is 24.3 Å². The standard InChI is InChI=1S/C21H13NO/c22-21-14(11-23)10-13-6-3-8-16-15-7-1-4-12-5-2-9-17(18(12)15)20(21)19(13)16/h1-11H,22H2. The summed E-state index contributed by atoms with van der Waals surface area (Å²) in [7, 11) is 0. The molecule has 2 nitrogen and oxygen atoms in total. The lowest BCUT2D eigenvalue weighted by Gasteiger charge is -2.16. The van der Waals surface area contributed by atoms with Crippen molar-refractivity contribution >= 4 is 55.1 Å². The van der Waals surface area contributed by atoms with Gasteiger partial charge in [0.15, 0.2) is 6.29 Å². The van der Waals surface area contributed by atoms with E-state index in [2.05, 4.69) is 36.4 Å². The molecule has 0 unspecified atom stereocenters. The lowest BCUT2D eigenvalue weighted by Crippen LogP contribution is -1.97. The number of rotatable bonds is 1. The fourth-order valence-electron chi connectivity index (χ4n) is 3.87. The molecule has 5 rings (SSSR count). The predicted octanol–water partition coefficient (Wildman–Crippen LogP) is 5.13. The van der Waals surface area contributed by atoms with Crippen LogP contribution >= 0.6 is 0 Å². The topological polar surface area (TPSA) is 43.1 Å². The van der Waals surface area contributed by atoms with Crippen molar-refractivity contribution in [1.29, 1.82) is 0 Å². The Balaban J connectivity index is 2.28. The van der Waals surface area contributed by atoms with Gasteiger partial charge in [0.25, 0.3) is 0 Å². The molecule has 0 spiro atoms. The molecule has 0 aromatic heterocycles. The van der Waals surface area contributed by atoms with Gasteiger partial charge < -0.3 is 5.73 Å². The van der Waals surface area contributed by atoms with Crippen molar-refractivity contribution in [1.82, 2.24) is 0 Å². The zero-order valence-corrected chi connectivity index (χ0v) is 12.3. The van der Waals surface area contributed by atoms with Crippen LogP contribution in [0.3, 0.4) is 0 Å². The van der Waals surface area contributed by atoms with Gasteiger partial charge in [-0.05, 0) is 43.8 Å². The molecule has 0 bridgehead atoms. The number of fused-ring (bicyclic) bond motifs is 2. The molecule has 0 atom stereocenters. The Labute approximate surface area is 132 Å². The Kier molecular flexibility index (Phi) is 2.27. The van der Waals surface area contributed by atoms with E-state index in [0.29, 0.717) is 11.3 Å². The predicted molar refractivity (Wildman–Crippen MR) is 97.5 cm³/mol. The van der Waals surface area contributed by atoms with Gasteiger partial charge in [-0.25, -0.2) is 0 Å². The highest BCUT2D eigenvalue weighted by molar-refractivity contribution is 6.35. The zero-order chi connectivity index (χ0) is 15.6. The van der Waals surface area contributed by atoms with E-state index in [1.54, 1.807) is 0 Å². The van der Waals surface area contributed by atoms with Crippen molar-refractivity contribution in [3.05, 3.63) is 66.2 Å². The molecular weight excluding hydrogens is 282 g/mol. The summed E-state index contributed by atoms with van der Waals surface area (Å²) >= 11 is 0. The molecule has 0 saturated heterocycles. The normalized spacial score (nSPS) is 11.8. The van der Waals surface area contributed by atoms with Crippen LogP contribution in [0.5, 0.6) is 0 Å². The summed E-state index contributed by atoms with van der Waals surface area (Å²) in [5.74, 6) is 0. The largest absolute Gasteiger partial charge is 0.398 e. The maximum atomic E-state index is 11.5. The maximum Gasteiger partial charge on any atom is 0.152 e. The number of aldehydes is 1. The Morgan fingerprint density at radius 2 is 1.30 bits per heavy atom. The average molecular weight is 295 g/mol. The van der Waals surface area contributed by atoms with Crippen LogP contribution in [0.15, 0.2) is 60.7 Å². The molecule has 0 amide bonds. The first-order chi connectivity index (χ1) is 11.3. The lowest BCUT2D eigenvalue weighted by molar-refractivity contribution is 0.112. The first-order valence-electron chi connectivity index (χ1n) is 7.62. The third-order valence-electron chi connectivity index (χ3n) is 4.83. The third-order valence-corrected chi connectivity index (χ3v) is 4.83. The Hall–Kier alpha value is -3.13. The van der Waals surface area contributed by atoms with Crippen molar-refractivity contribution in [3.8, 4) is 0 Å². The molecule has 5 aromatic rings. The molecule has 0 radical (unpaired) electrons. The van der Waals surface area contributed by atoms with E-state index >= 15 is 0 Å². The van der Waals surface area contributed by atoms with Gasteiger partial charge in [0.05, 0.1) is 5.69 Å². The molecule has 108 valence electrons. The number of nitrogen functional groups attached to an aromatic ring is 1. The number of nitrogens with two attached hydrogens (primary N) is 1. The Morgan fingerprint density at radius 3 is 2.00 bits per heavy atom. The minimum atomic E-state index is 0.557. The van der Waals surface area contributed by atoms with Gasteiger partial charge in [-0.1, -0.05) is 54.6 Å². The number of carbonyl (C=O) groups excluding carboxylic acids is 1. The van der Waals surface area contributed by atoms with Crippen LogP contribution in [0.1, 0.15) is 10.4 Å². The minimum Gasteiger partial charge on any atom is -0.398 e. The highest BCUT2D eigenvalue weighted by Gasteiger charge is 2.16. The van der Waals surface area contributed by atoms with E-state index in [9.17, 15) is 4.79 Å². The number of carbonyl (C=O) groups is 1. The number of hydrogen-bond donors (Lipinski definition) is 1. The summed E-state index contributed by atoms with van der Waals surface area (Å²) in [5.41, 5.74) is 7.50. The van der Waals surface area contributed by atoms with Crippen molar-refractivity contribution in [2.75, 3.05) is 5.73 Å². The van der Waals surface area contributed by atoms with Crippen LogP contribution in [0.25, 0.3) is 43.1 Å². The van der Waals surface area contributed by atoms with E-state index < -0.39 is 0 Å². The van der Waals surface area contributed by atoms with Crippen molar-refractivity contribution in [2.24, 2.45) is 0 Å². The molecule has 23 heavy (non-hydrogen) atoms. The van der Waals surface area contributed by atoms with E-state index in [-0.39, 0.29) is 0 Å². The second-order valence-electron chi connectivity index (χ2n) is 5.99. The number of anilines is 1. The Morgan fingerprint density at radius 1 is 0.696 bits per heavy atom. The van der Waals surface area contributed by atoms with Crippen LogP contribution < -0.4 is 5.73 Å². The second kappa shape index (κ2) is 4.20. The van der Waals surface area contributed by atoms with Crippen LogP contribution in [0.4, 0.5) is 5.69 Å². The fourth-order valence-corrected chi connectivity index (χ4v) is 3.87. The maximum absolute atomic E-state index is 11.5. The number of hydrogen-bond acceptors (Lipinski definition) is 2. The van der Waals surface area contributed by atoms with Gasteiger partial charge in [-0.2, -0.15) is 0 Å². The fraction of sp³-hybridized carbons (Fsp3) is 0. The molecule has 0 heterocycles. The molecule has 2 N–H and O–H groups in total. The third kappa shape index (κ3) is 1.45. The van der Waals surface area contributed by atoms with Crippen molar-refractivity contribution in [2.45, 2.75) is 0 Å². The smallest absolute Gasteiger partial charge is 0.152 e. The van der Waals surface area contributed by atoms with Crippen LogP contribution in [0, 0.1) is 0 Å². The van der Waals surface area contributed by atoms with Gasteiger partial charge in [0.1, 0.15) is 0 Å². The monoisotopic (exact) mass is 295 g/mol. The summed E-state index contributed by atoms with van der Waals surface area (Å²) in [6.45, 7) is 0. The molecule has 0 aliphatic heterocycles. The first-order valence-corrected chi connectivity index (χ1v) is 7.62. The van der Waals surface area contributed by atoms with E-state index in [0.717, 1.165) is 27.8 Å². The summed E-state index contributed by atoms with van der Waals surface area (Å²) in [6, 6.07) is 20.7. The molecule has 0 aliphatic rings. The van der Waals surface area contributed by atoms with Gasteiger partial charge >= 0.3 is 0 Å². The molecular formula is C21H13NO. The van der Waals surface area contributed by atoms with Gasteiger partial charge in [0.2, 0.25) is 0 Å². The summed E-state index contributed by atoms with van der Waals surface area (Å²) < 4.78 is 0. The van der Waals surface area contributed by atoms with Gasteiger partial charge in [0, 0.05) is 10.9 Å². The second-order valence-corrected chi connectivity index (χ2v) is 5.99. The summed E-state index contributed by atoms with van der Waals surface area (Å²) in [6.07, 6.45) is 0.846. The molecule has 5 aromatic carbocycles. The highest BCUT2D eigenvalue weighted by Crippen LogP contribution is 2.43. The van der Waals surface area contributed by atoms with Crippen LogP contribution in [-0.4, -0.2) is 6.29 Å². The first kappa shape index (κ1) is 12.4. The highest BCUT2D eigenvalue weighted by atomic mass is 16.1. The molecule has 0 saturated carbocycles. The van der Waals surface area contributed by atoms with E-state index in [1.165, 1.54) is 21.5 Å². The van der Waals surface area contributed by atoms with E-state index in [4.69, 9.17) is 5.73 Å². The van der Waals surface area contributed by atoms with Crippen molar-refractivity contribution < 1.29 is 4.79 Å².